The summed E-state index contributed by atoms with van der Waals surface area (Å²) in [5.41, 5.74) is -1.19. The molecule has 1 saturated heterocycles. The Morgan fingerprint density at radius 2 is 2.22 bits per heavy atom. The van der Waals surface area contributed by atoms with Crippen LogP contribution in [0.4, 0.5) is 4.39 Å². The highest BCUT2D eigenvalue weighted by Gasteiger charge is 2.48. The number of hydrogen-bond donors (Lipinski definition) is 2. The molecular weight excluding hydrogens is 426 g/mol. The Morgan fingerprint density at radius 3 is 2.78 bits per heavy atom. The van der Waals surface area contributed by atoms with Gasteiger partial charge >= 0.3 is 11.7 Å². The number of nitrogens with one attached hydrogen (secondary N) is 1. The SMILES string of the molecule is CC(=O)O[C@@H]1[C@@H](F)[C@H](O)[C@@H](CI)O[C@H]1n1cc(C)c(=O)[nH]c1=O. The van der Waals surface area contributed by atoms with Crippen molar-refractivity contribution in [2.24, 2.45) is 0 Å². The third kappa shape index (κ3) is 3.63. The van der Waals surface area contributed by atoms with Gasteiger partial charge in [0.1, 0.15) is 6.10 Å². The summed E-state index contributed by atoms with van der Waals surface area (Å²) in [6.45, 7) is 2.55. The van der Waals surface area contributed by atoms with E-state index in [-0.39, 0.29) is 9.99 Å². The Kier molecular flexibility index (Phi) is 5.57. The van der Waals surface area contributed by atoms with Crippen molar-refractivity contribution in [2.45, 2.75) is 44.6 Å². The molecule has 0 aromatic carbocycles. The zero-order valence-electron chi connectivity index (χ0n) is 12.4. The van der Waals surface area contributed by atoms with E-state index in [9.17, 15) is 23.9 Å². The predicted molar refractivity (Wildman–Crippen MR) is 85.3 cm³/mol. The van der Waals surface area contributed by atoms with Crippen molar-refractivity contribution in [3.8, 4) is 0 Å². The highest BCUT2D eigenvalue weighted by molar-refractivity contribution is 14.1. The van der Waals surface area contributed by atoms with Crippen LogP contribution in [0, 0.1) is 6.92 Å². The molecule has 8 nitrogen and oxygen atoms in total. The molecule has 0 saturated carbocycles. The molecule has 1 aromatic rings. The second kappa shape index (κ2) is 7.09. The van der Waals surface area contributed by atoms with E-state index in [1.807, 2.05) is 22.6 Å². The molecule has 0 spiro atoms. The van der Waals surface area contributed by atoms with Crippen LogP contribution < -0.4 is 11.2 Å². The number of carbonyl (C=O) groups is 1. The maximum Gasteiger partial charge on any atom is 0.330 e. The molecule has 2 N–H and O–H groups in total. The van der Waals surface area contributed by atoms with E-state index in [2.05, 4.69) is 4.98 Å². The summed E-state index contributed by atoms with van der Waals surface area (Å²) in [4.78, 5) is 36.8. The van der Waals surface area contributed by atoms with Crippen molar-refractivity contribution >= 4 is 28.6 Å². The summed E-state index contributed by atoms with van der Waals surface area (Å²) >= 11 is 1.91. The molecule has 0 aliphatic carbocycles. The van der Waals surface area contributed by atoms with Crippen molar-refractivity contribution in [1.82, 2.24) is 9.55 Å². The van der Waals surface area contributed by atoms with Crippen molar-refractivity contribution < 1.29 is 23.8 Å². The highest BCUT2D eigenvalue weighted by Crippen LogP contribution is 2.32. The fourth-order valence-corrected chi connectivity index (χ4v) is 3.06. The quantitative estimate of drug-likeness (QED) is 0.382. The van der Waals surface area contributed by atoms with E-state index in [1.165, 1.54) is 13.1 Å². The van der Waals surface area contributed by atoms with Gasteiger partial charge in [-0.1, -0.05) is 22.6 Å². The number of aryl methyl sites for hydroxylation is 1. The van der Waals surface area contributed by atoms with Crippen LogP contribution >= 0.6 is 22.6 Å². The van der Waals surface area contributed by atoms with E-state index >= 15 is 0 Å². The lowest BCUT2D eigenvalue weighted by Crippen LogP contribution is -2.57. The molecule has 1 aliphatic rings. The maximum absolute atomic E-state index is 14.5. The Labute approximate surface area is 143 Å². The van der Waals surface area contributed by atoms with E-state index in [4.69, 9.17) is 9.47 Å². The molecule has 5 atom stereocenters. The molecule has 128 valence electrons. The number of esters is 1. The average molecular weight is 442 g/mol. The molecule has 2 heterocycles. The second-order valence-electron chi connectivity index (χ2n) is 5.21. The van der Waals surface area contributed by atoms with Gasteiger partial charge in [-0.2, -0.15) is 0 Å². The molecule has 1 fully saturated rings. The first-order valence-electron chi connectivity index (χ1n) is 6.79. The smallest absolute Gasteiger partial charge is 0.330 e. The number of rotatable bonds is 3. The second-order valence-corrected chi connectivity index (χ2v) is 6.09. The van der Waals surface area contributed by atoms with E-state index < -0.39 is 47.9 Å². The summed E-state index contributed by atoms with van der Waals surface area (Å²) < 4.78 is 26.2. The summed E-state index contributed by atoms with van der Waals surface area (Å²) in [5, 5.41) is 9.91. The van der Waals surface area contributed by atoms with Crippen LogP contribution in [0.5, 0.6) is 0 Å². The molecule has 0 radical (unpaired) electrons. The van der Waals surface area contributed by atoms with Gasteiger partial charge in [0.25, 0.3) is 5.56 Å². The fraction of sp³-hybridized carbons (Fsp3) is 0.615. The minimum absolute atomic E-state index is 0.210. The van der Waals surface area contributed by atoms with Crippen LogP contribution in [0.25, 0.3) is 0 Å². The number of aliphatic hydroxyl groups is 1. The lowest BCUT2D eigenvalue weighted by atomic mass is 10.00. The molecular formula is C13H16FIN2O6. The van der Waals surface area contributed by atoms with Crippen LogP contribution in [0.2, 0.25) is 0 Å². The number of aromatic nitrogens is 2. The Balaban J connectivity index is 2.50. The highest BCUT2D eigenvalue weighted by atomic mass is 127. The van der Waals surface area contributed by atoms with Gasteiger partial charge < -0.3 is 14.6 Å². The number of aliphatic hydroxyl groups excluding tert-OH is 1. The lowest BCUT2D eigenvalue weighted by molar-refractivity contribution is -0.233. The molecule has 10 heteroatoms. The number of alkyl halides is 2. The summed E-state index contributed by atoms with van der Waals surface area (Å²) in [5.74, 6) is -0.777. The monoisotopic (exact) mass is 442 g/mol. The largest absolute Gasteiger partial charge is 0.454 e. The van der Waals surface area contributed by atoms with E-state index in [1.54, 1.807) is 0 Å². The normalized spacial score (nSPS) is 30.9. The molecule has 2 rings (SSSR count). The number of H-pyrrole nitrogens is 1. The molecule has 0 amide bonds. The van der Waals surface area contributed by atoms with Gasteiger partial charge in [-0.3, -0.25) is 19.1 Å². The fourth-order valence-electron chi connectivity index (χ4n) is 2.34. The number of aromatic amines is 1. The Morgan fingerprint density at radius 1 is 1.57 bits per heavy atom. The average Bonchev–Trinajstić information content (AvgIpc) is 2.48. The van der Waals surface area contributed by atoms with Gasteiger partial charge in [-0.25, -0.2) is 9.18 Å². The number of halogens is 2. The Bertz CT molecular complexity index is 704. The summed E-state index contributed by atoms with van der Waals surface area (Å²) in [7, 11) is 0. The summed E-state index contributed by atoms with van der Waals surface area (Å²) in [6.07, 6.45) is -5.91. The first-order chi connectivity index (χ1) is 10.8. The number of ether oxygens (including phenoxy) is 2. The minimum atomic E-state index is -1.93. The van der Waals surface area contributed by atoms with Crippen LogP contribution in [0.15, 0.2) is 15.8 Å². The standard InChI is InChI=1S/C13H16FIN2O6/c1-5-4-17(13(21)16-11(5)20)12-10(22-6(2)18)8(14)9(19)7(3-15)23-12/h4,7-10,12,19H,3H2,1-2H3,(H,16,20,21)/t7-,8+,9-,10-,12-/m1/s1. The maximum atomic E-state index is 14.5. The minimum Gasteiger partial charge on any atom is -0.454 e. The number of nitrogens with zero attached hydrogens (tertiary/aromatic N) is 1. The molecule has 23 heavy (non-hydrogen) atoms. The predicted octanol–water partition coefficient (Wildman–Crippen LogP) is -0.192. The number of hydrogen-bond acceptors (Lipinski definition) is 6. The van der Waals surface area contributed by atoms with Gasteiger partial charge in [-0.05, 0) is 6.92 Å². The van der Waals surface area contributed by atoms with Crippen molar-refractivity contribution in [3.05, 3.63) is 32.6 Å². The first-order valence-corrected chi connectivity index (χ1v) is 8.31. The number of carbonyl (C=O) groups excluding carboxylic acids is 1. The van der Waals surface area contributed by atoms with Crippen LogP contribution in [0.3, 0.4) is 0 Å². The van der Waals surface area contributed by atoms with Crippen molar-refractivity contribution in [3.63, 3.8) is 0 Å². The Hall–Kier alpha value is -1.27. The molecule has 1 aromatic heterocycles. The van der Waals surface area contributed by atoms with Crippen molar-refractivity contribution in [2.75, 3.05) is 4.43 Å². The topological polar surface area (TPSA) is 111 Å². The molecule has 0 bridgehead atoms. The third-order valence-electron chi connectivity index (χ3n) is 3.49. The van der Waals surface area contributed by atoms with E-state index in [0.29, 0.717) is 0 Å². The van der Waals surface area contributed by atoms with Gasteiger partial charge in [0.15, 0.2) is 18.5 Å². The van der Waals surface area contributed by atoms with E-state index in [0.717, 1.165) is 11.5 Å². The van der Waals surface area contributed by atoms with Gasteiger partial charge in [0.2, 0.25) is 0 Å². The summed E-state index contributed by atoms with van der Waals surface area (Å²) in [6, 6.07) is 0. The van der Waals surface area contributed by atoms with Gasteiger partial charge in [-0.15, -0.1) is 0 Å². The lowest BCUT2D eigenvalue weighted by Gasteiger charge is -2.41. The van der Waals surface area contributed by atoms with Gasteiger partial charge in [0, 0.05) is 23.1 Å². The molecule has 0 unspecified atom stereocenters. The zero-order valence-corrected chi connectivity index (χ0v) is 14.5. The first kappa shape index (κ1) is 18.1. The van der Waals surface area contributed by atoms with Crippen LogP contribution in [-0.4, -0.2) is 49.5 Å². The van der Waals surface area contributed by atoms with Gasteiger partial charge in [0.05, 0.1) is 6.10 Å². The van der Waals surface area contributed by atoms with Crippen LogP contribution in [-0.2, 0) is 14.3 Å². The molecule has 1 aliphatic heterocycles. The third-order valence-corrected chi connectivity index (χ3v) is 4.36. The van der Waals surface area contributed by atoms with Crippen molar-refractivity contribution in [1.29, 1.82) is 0 Å². The zero-order chi connectivity index (χ0) is 17.3. The van der Waals surface area contributed by atoms with Crippen LogP contribution in [0.1, 0.15) is 18.7 Å².